The van der Waals surface area contributed by atoms with Gasteiger partial charge in [-0.3, -0.25) is 9.59 Å². The van der Waals surface area contributed by atoms with Crippen molar-refractivity contribution in [3.63, 3.8) is 0 Å². The van der Waals surface area contributed by atoms with Crippen molar-refractivity contribution in [2.24, 2.45) is 11.8 Å². The van der Waals surface area contributed by atoms with Crippen LogP contribution in [0.4, 0.5) is 0 Å². The van der Waals surface area contributed by atoms with Crippen LogP contribution in [0.15, 0.2) is 0 Å². The van der Waals surface area contributed by atoms with E-state index in [1.165, 1.54) is 6.92 Å². The number of thiol groups is 1. The molecule has 2 amide bonds. The number of carbonyl (C=O) groups excluding carboxylic acids is 2. The minimum Gasteiger partial charge on any atom is -0.344 e. The number of amides is 2. The molecular formula is C13H24N2O2S. The molecule has 0 aromatic heterocycles. The molecule has 1 fully saturated rings. The van der Waals surface area contributed by atoms with Crippen molar-refractivity contribution in [1.29, 1.82) is 0 Å². The Morgan fingerprint density at radius 1 is 1.33 bits per heavy atom. The number of likely N-dealkylation sites (tertiary alicyclic amines) is 1. The number of hydrogen-bond acceptors (Lipinski definition) is 3. The molecule has 1 unspecified atom stereocenters. The van der Waals surface area contributed by atoms with E-state index in [0.29, 0.717) is 17.6 Å². The van der Waals surface area contributed by atoms with Gasteiger partial charge >= 0.3 is 0 Å². The highest BCUT2D eigenvalue weighted by Crippen LogP contribution is 2.24. The van der Waals surface area contributed by atoms with Crippen LogP contribution in [0.1, 0.15) is 33.6 Å². The number of rotatable bonds is 4. The SMILES string of the molecule is CC(=O)NC(CS)C(=O)N1CCC(C(C)C)CC1. The summed E-state index contributed by atoms with van der Waals surface area (Å²) in [5.74, 6) is 1.56. The minimum atomic E-state index is -0.485. The standard InChI is InChI=1S/C13H24N2O2S/c1-9(2)11-4-6-15(7-5-11)13(17)12(8-18)14-10(3)16/h9,11-12,18H,4-8H2,1-3H3,(H,14,16). The predicted octanol–water partition coefficient (Wildman–Crippen LogP) is 1.32. The van der Waals surface area contributed by atoms with Gasteiger partial charge in [-0.15, -0.1) is 0 Å². The minimum absolute atomic E-state index is 0.00223. The molecule has 1 saturated heterocycles. The molecule has 0 radical (unpaired) electrons. The molecule has 0 spiro atoms. The predicted molar refractivity (Wildman–Crippen MR) is 75.6 cm³/mol. The first-order valence-corrected chi connectivity index (χ1v) is 7.25. The van der Waals surface area contributed by atoms with Gasteiger partial charge in [-0.25, -0.2) is 0 Å². The summed E-state index contributed by atoms with van der Waals surface area (Å²) in [6.45, 7) is 7.48. The van der Waals surface area contributed by atoms with Crippen LogP contribution in [-0.2, 0) is 9.59 Å². The van der Waals surface area contributed by atoms with Gasteiger partial charge in [0.15, 0.2) is 0 Å². The van der Waals surface area contributed by atoms with Crippen LogP contribution in [0.2, 0.25) is 0 Å². The highest BCUT2D eigenvalue weighted by atomic mass is 32.1. The van der Waals surface area contributed by atoms with Gasteiger partial charge in [0.05, 0.1) is 0 Å². The first-order chi connectivity index (χ1) is 8.45. The zero-order chi connectivity index (χ0) is 13.7. The van der Waals surface area contributed by atoms with Gasteiger partial charge in [-0.2, -0.15) is 12.6 Å². The molecule has 0 aliphatic carbocycles. The molecule has 1 aliphatic rings. The fourth-order valence-corrected chi connectivity index (χ4v) is 2.69. The van der Waals surface area contributed by atoms with Gasteiger partial charge in [0.1, 0.15) is 6.04 Å². The quantitative estimate of drug-likeness (QED) is 0.758. The fraction of sp³-hybridized carbons (Fsp3) is 0.846. The summed E-state index contributed by atoms with van der Waals surface area (Å²) in [6.07, 6.45) is 2.12. The van der Waals surface area contributed by atoms with E-state index in [1.54, 1.807) is 0 Å². The van der Waals surface area contributed by atoms with E-state index >= 15 is 0 Å². The van der Waals surface area contributed by atoms with Crippen LogP contribution in [-0.4, -0.2) is 41.6 Å². The lowest BCUT2D eigenvalue weighted by Gasteiger charge is -2.35. The summed E-state index contributed by atoms with van der Waals surface area (Å²) in [7, 11) is 0. The van der Waals surface area contributed by atoms with Crippen LogP contribution >= 0.6 is 12.6 Å². The summed E-state index contributed by atoms with van der Waals surface area (Å²) in [4.78, 5) is 25.1. The summed E-state index contributed by atoms with van der Waals surface area (Å²) >= 11 is 4.14. The zero-order valence-corrected chi connectivity index (χ0v) is 12.4. The number of nitrogens with zero attached hydrogens (tertiary/aromatic N) is 1. The van der Waals surface area contributed by atoms with Crippen molar-refractivity contribution in [3.05, 3.63) is 0 Å². The van der Waals surface area contributed by atoms with Crippen molar-refractivity contribution in [2.75, 3.05) is 18.8 Å². The molecule has 0 bridgehead atoms. The number of piperidine rings is 1. The Labute approximate surface area is 115 Å². The van der Waals surface area contributed by atoms with E-state index in [2.05, 4.69) is 31.8 Å². The molecule has 0 aromatic rings. The van der Waals surface area contributed by atoms with Gasteiger partial charge in [-0.05, 0) is 24.7 Å². The average molecular weight is 272 g/mol. The molecule has 18 heavy (non-hydrogen) atoms. The molecule has 5 heteroatoms. The maximum atomic E-state index is 12.2. The van der Waals surface area contributed by atoms with E-state index in [-0.39, 0.29) is 11.8 Å². The number of nitrogens with one attached hydrogen (secondary N) is 1. The van der Waals surface area contributed by atoms with E-state index < -0.39 is 6.04 Å². The molecule has 4 nitrogen and oxygen atoms in total. The first-order valence-electron chi connectivity index (χ1n) is 6.62. The Bertz CT molecular complexity index is 299. The van der Waals surface area contributed by atoms with Crippen molar-refractivity contribution in [1.82, 2.24) is 10.2 Å². The molecule has 1 N–H and O–H groups in total. The van der Waals surface area contributed by atoms with Gasteiger partial charge in [-0.1, -0.05) is 13.8 Å². The lowest BCUT2D eigenvalue weighted by Crippen LogP contribution is -2.51. The molecule has 0 aromatic carbocycles. The lowest BCUT2D eigenvalue weighted by molar-refractivity contribution is -0.136. The second-order valence-corrected chi connectivity index (χ2v) is 5.71. The number of carbonyl (C=O) groups is 2. The second kappa shape index (κ2) is 7.02. The summed E-state index contributed by atoms with van der Waals surface area (Å²) in [6, 6.07) is -0.485. The van der Waals surface area contributed by atoms with Crippen molar-refractivity contribution in [2.45, 2.75) is 39.7 Å². The molecule has 1 aliphatic heterocycles. The maximum absolute atomic E-state index is 12.2. The Balaban J connectivity index is 2.50. The van der Waals surface area contributed by atoms with Gasteiger partial charge in [0, 0.05) is 25.8 Å². The monoisotopic (exact) mass is 272 g/mol. The molecule has 1 heterocycles. The molecule has 0 saturated carbocycles. The fourth-order valence-electron chi connectivity index (χ4n) is 2.44. The summed E-state index contributed by atoms with van der Waals surface area (Å²) in [5.41, 5.74) is 0. The average Bonchev–Trinajstić information content (AvgIpc) is 2.35. The maximum Gasteiger partial charge on any atom is 0.245 e. The second-order valence-electron chi connectivity index (χ2n) is 5.34. The normalized spacial score (nSPS) is 18.8. The molecule has 1 rings (SSSR count). The van der Waals surface area contributed by atoms with Crippen LogP contribution in [0.25, 0.3) is 0 Å². The van der Waals surface area contributed by atoms with Crippen molar-refractivity contribution < 1.29 is 9.59 Å². The first kappa shape index (κ1) is 15.3. The molecule has 104 valence electrons. The third-order valence-electron chi connectivity index (χ3n) is 3.65. The Kier molecular flexibility index (Phi) is 5.99. The smallest absolute Gasteiger partial charge is 0.245 e. The van der Waals surface area contributed by atoms with Crippen molar-refractivity contribution >= 4 is 24.4 Å². The van der Waals surface area contributed by atoms with Crippen molar-refractivity contribution in [3.8, 4) is 0 Å². The summed E-state index contributed by atoms with van der Waals surface area (Å²) < 4.78 is 0. The highest BCUT2D eigenvalue weighted by Gasteiger charge is 2.28. The largest absolute Gasteiger partial charge is 0.344 e. The van der Waals surface area contributed by atoms with Crippen LogP contribution in [0.5, 0.6) is 0 Å². The summed E-state index contributed by atoms with van der Waals surface area (Å²) in [5, 5.41) is 2.65. The van der Waals surface area contributed by atoms with Crippen LogP contribution in [0, 0.1) is 11.8 Å². The van der Waals surface area contributed by atoms with Gasteiger partial charge < -0.3 is 10.2 Å². The van der Waals surface area contributed by atoms with E-state index in [1.807, 2.05) is 4.90 Å². The third kappa shape index (κ3) is 4.19. The highest BCUT2D eigenvalue weighted by molar-refractivity contribution is 7.80. The zero-order valence-electron chi connectivity index (χ0n) is 11.5. The van der Waals surface area contributed by atoms with E-state index in [0.717, 1.165) is 25.9 Å². The number of hydrogen-bond donors (Lipinski definition) is 2. The Morgan fingerprint density at radius 3 is 2.28 bits per heavy atom. The topological polar surface area (TPSA) is 49.4 Å². The lowest BCUT2D eigenvalue weighted by atomic mass is 9.86. The third-order valence-corrected chi connectivity index (χ3v) is 4.02. The van der Waals surface area contributed by atoms with Gasteiger partial charge in [0.25, 0.3) is 0 Å². The molecular weight excluding hydrogens is 248 g/mol. The molecule has 1 atom stereocenters. The van der Waals surface area contributed by atoms with Crippen LogP contribution < -0.4 is 5.32 Å². The van der Waals surface area contributed by atoms with Crippen LogP contribution in [0.3, 0.4) is 0 Å². The van der Waals surface area contributed by atoms with E-state index in [4.69, 9.17) is 0 Å². The van der Waals surface area contributed by atoms with E-state index in [9.17, 15) is 9.59 Å². The Morgan fingerprint density at radius 2 is 1.89 bits per heavy atom. The van der Waals surface area contributed by atoms with Gasteiger partial charge in [0.2, 0.25) is 11.8 Å². The Hall–Kier alpha value is -0.710.